The minimum Gasteiger partial charge on any atom is -0.463 e. The van der Waals surface area contributed by atoms with Gasteiger partial charge in [0, 0.05) is 12.2 Å². The largest absolute Gasteiger partial charge is 0.463 e. The van der Waals surface area contributed by atoms with Crippen molar-refractivity contribution in [2.75, 3.05) is 13.2 Å². The molecule has 0 radical (unpaired) electrons. The second kappa shape index (κ2) is 7.53. The quantitative estimate of drug-likeness (QED) is 0.501. The van der Waals surface area contributed by atoms with Crippen LogP contribution in [0, 0.1) is 11.6 Å². The van der Waals surface area contributed by atoms with E-state index in [4.69, 9.17) is 17.0 Å². The summed E-state index contributed by atoms with van der Waals surface area (Å²) in [6, 6.07) is 2.76. The molecule has 1 aliphatic heterocycles. The summed E-state index contributed by atoms with van der Waals surface area (Å²) >= 11 is 5.32. The van der Waals surface area contributed by atoms with E-state index in [-0.39, 0.29) is 6.61 Å². The Balaban J connectivity index is 2.55. The van der Waals surface area contributed by atoms with Crippen molar-refractivity contribution in [3.63, 3.8) is 0 Å². The molecular formula is C17H18F2N2O2S. The zero-order valence-electron chi connectivity index (χ0n) is 13.4. The fraction of sp³-hybridized carbons (Fsp3) is 0.294. The monoisotopic (exact) mass is 352 g/mol. The van der Waals surface area contributed by atoms with Crippen LogP contribution in [0.5, 0.6) is 0 Å². The summed E-state index contributed by atoms with van der Waals surface area (Å²) in [4.78, 5) is 14.1. The van der Waals surface area contributed by atoms with Crippen molar-refractivity contribution in [2.24, 2.45) is 0 Å². The molecule has 0 unspecified atom stereocenters. The van der Waals surface area contributed by atoms with Crippen LogP contribution in [-0.4, -0.2) is 29.1 Å². The van der Waals surface area contributed by atoms with Crippen molar-refractivity contribution >= 4 is 23.3 Å². The van der Waals surface area contributed by atoms with Gasteiger partial charge in [-0.3, -0.25) is 0 Å². The van der Waals surface area contributed by atoms with Gasteiger partial charge in [0.25, 0.3) is 0 Å². The fourth-order valence-corrected chi connectivity index (χ4v) is 2.87. The SMILES string of the molecule is C=CCN1C(=S)N[C@@H](c2ccc(F)c(F)c2)C(C(=O)OCC)=C1C. The van der Waals surface area contributed by atoms with Crippen LogP contribution in [0.4, 0.5) is 8.78 Å². The summed E-state index contributed by atoms with van der Waals surface area (Å²) < 4.78 is 31.9. The van der Waals surface area contributed by atoms with Crippen molar-refractivity contribution in [2.45, 2.75) is 19.9 Å². The van der Waals surface area contributed by atoms with Gasteiger partial charge in [-0.25, -0.2) is 13.6 Å². The maximum Gasteiger partial charge on any atom is 0.338 e. The normalized spacial score (nSPS) is 17.6. The van der Waals surface area contributed by atoms with Crippen LogP contribution < -0.4 is 5.32 Å². The van der Waals surface area contributed by atoms with Gasteiger partial charge in [-0.1, -0.05) is 12.1 Å². The Hall–Kier alpha value is -2.28. The average molecular weight is 352 g/mol. The maximum atomic E-state index is 13.6. The highest BCUT2D eigenvalue weighted by Crippen LogP contribution is 2.32. The lowest BCUT2D eigenvalue weighted by Crippen LogP contribution is -2.47. The van der Waals surface area contributed by atoms with E-state index in [1.54, 1.807) is 24.8 Å². The van der Waals surface area contributed by atoms with Crippen molar-refractivity contribution in [1.29, 1.82) is 0 Å². The molecule has 0 fully saturated rings. The third kappa shape index (κ3) is 3.46. The lowest BCUT2D eigenvalue weighted by Gasteiger charge is -2.37. The summed E-state index contributed by atoms with van der Waals surface area (Å²) in [5, 5.41) is 3.37. The maximum absolute atomic E-state index is 13.6. The zero-order chi connectivity index (χ0) is 17.9. The average Bonchev–Trinajstić information content (AvgIpc) is 2.53. The first-order valence-electron chi connectivity index (χ1n) is 7.42. The zero-order valence-corrected chi connectivity index (χ0v) is 14.3. The topological polar surface area (TPSA) is 41.6 Å². The van der Waals surface area contributed by atoms with Crippen molar-refractivity contribution < 1.29 is 18.3 Å². The lowest BCUT2D eigenvalue weighted by atomic mass is 9.95. The molecule has 0 amide bonds. The Morgan fingerprint density at radius 2 is 2.17 bits per heavy atom. The standard InChI is InChI=1S/C17H18F2N2O2S/c1-4-8-21-10(3)14(16(22)23-5-2)15(20-17(21)24)11-6-7-12(18)13(19)9-11/h4,6-7,9,15H,1,5,8H2,2-3H3,(H,20,24)/t15-/m0/s1. The molecule has 24 heavy (non-hydrogen) atoms. The number of allylic oxidation sites excluding steroid dienone is 1. The van der Waals surface area contributed by atoms with Gasteiger partial charge in [-0.2, -0.15) is 0 Å². The number of hydrogen-bond acceptors (Lipinski definition) is 3. The highest BCUT2D eigenvalue weighted by Gasteiger charge is 2.34. The molecule has 2 rings (SSSR count). The molecule has 7 heteroatoms. The molecular weight excluding hydrogens is 334 g/mol. The summed E-state index contributed by atoms with van der Waals surface area (Å²) in [6.45, 7) is 7.71. The molecule has 1 heterocycles. The van der Waals surface area contributed by atoms with Gasteiger partial charge >= 0.3 is 5.97 Å². The highest BCUT2D eigenvalue weighted by molar-refractivity contribution is 7.80. The van der Waals surface area contributed by atoms with Gasteiger partial charge in [0.05, 0.1) is 18.2 Å². The van der Waals surface area contributed by atoms with Crippen LogP contribution in [0.2, 0.25) is 0 Å². The summed E-state index contributed by atoms with van der Waals surface area (Å²) in [7, 11) is 0. The molecule has 1 atom stereocenters. The van der Waals surface area contributed by atoms with Gasteiger partial charge in [-0.15, -0.1) is 6.58 Å². The third-order valence-corrected chi connectivity index (χ3v) is 4.02. The molecule has 1 aromatic rings. The first kappa shape index (κ1) is 18.1. The van der Waals surface area contributed by atoms with Crippen LogP contribution in [0.3, 0.4) is 0 Å². The first-order chi connectivity index (χ1) is 11.4. The van der Waals surface area contributed by atoms with E-state index in [0.29, 0.717) is 28.5 Å². The Kier molecular flexibility index (Phi) is 5.66. The molecule has 1 aromatic carbocycles. The van der Waals surface area contributed by atoms with E-state index >= 15 is 0 Å². The number of hydrogen-bond donors (Lipinski definition) is 1. The predicted octanol–water partition coefficient (Wildman–Crippen LogP) is 3.22. The summed E-state index contributed by atoms with van der Waals surface area (Å²) in [5.41, 5.74) is 1.28. The smallest absolute Gasteiger partial charge is 0.338 e. The number of carbonyl (C=O) groups excluding carboxylic acids is 1. The molecule has 0 saturated carbocycles. The van der Waals surface area contributed by atoms with E-state index in [1.807, 2.05) is 0 Å². The van der Waals surface area contributed by atoms with E-state index in [2.05, 4.69) is 11.9 Å². The molecule has 128 valence electrons. The number of nitrogens with one attached hydrogen (secondary N) is 1. The van der Waals surface area contributed by atoms with Crippen LogP contribution >= 0.6 is 12.2 Å². The summed E-state index contributed by atoms with van der Waals surface area (Å²) in [5.74, 6) is -2.48. The van der Waals surface area contributed by atoms with Crippen molar-refractivity contribution in [1.82, 2.24) is 10.2 Å². The number of esters is 1. The fourth-order valence-electron chi connectivity index (χ4n) is 2.55. The number of nitrogens with zero attached hydrogens (tertiary/aromatic N) is 1. The van der Waals surface area contributed by atoms with Crippen molar-refractivity contribution in [3.05, 3.63) is 59.3 Å². The van der Waals surface area contributed by atoms with Gasteiger partial charge in [0.1, 0.15) is 0 Å². The van der Waals surface area contributed by atoms with E-state index in [0.717, 1.165) is 12.1 Å². The Bertz CT molecular complexity index is 719. The van der Waals surface area contributed by atoms with Gasteiger partial charge in [-0.05, 0) is 43.8 Å². The number of benzene rings is 1. The number of ether oxygens (including phenoxy) is 1. The number of carbonyl (C=O) groups is 1. The minimum absolute atomic E-state index is 0.200. The highest BCUT2D eigenvalue weighted by atomic mass is 32.1. The third-order valence-electron chi connectivity index (χ3n) is 3.68. The van der Waals surface area contributed by atoms with Crippen LogP contribution in [0.25, 0.3) is 0 Å². The molecule has 0 saturated heterocycles. The van der Waals surface area contributed by atoms with Crippen molar-refractivity contribution in [3.8, 4) is 0 Å². The molecule has 0 spiro atoms. The van der Waals surface area contributed by atoms with Gasteiger partial charge < -0.3 is 15.0 Å². The second-order valence-electron chi connectivity index (χ2n) is 5.17. The van der Waals surface area contributed by atoms with Crippen LogP contribution in [0.1, 0.15) is 25.5 Å². The minimum atomic E-state index is -0.991. The number of halogens is 2. The first-order valence-corrected chi connectivity index (χ1v) is 7.83. The Morgan fingerprint density at radius 1 is 1.46 bits per heavy atom. The molecule has 1 aliphatic rings. The van der Waals surface area contributed by atoms with Gasteiger partial charge in [0.2, 0.25) is 0 Å². The van der Waals surface area contributed by atoms with Crippen LogP contribution in [0.15, 0.2) is 42.1 Å². The molecule has 1 N–H and O–H groups in total. The molecule has 0 aromatic heterocycles. The molecule has 0 aliphatic carbocycles. The number of thiocarbonyl (C=S) groups is 1. The van der Waals surface area contributed by atoms with E-state index < -0.39 is 23.6 Å². The summed E-state index contributed by atoms with van der Waals surface area (Å²) in [6.07, 6.45) is 1.65. The van der Waals surface area contributed by atoms with Crippen LogP contribution in [-0.2, 0) is 9.53 Å². The Morgan fingerprint density at radius 3 is 2.75 bits per heavy atom. The molecule has 0 bridgehead atoms. The van der Waals surface area contributed by atoms with Gasteiger partial charge in [0.15, 0.2) is 16.7 Å². The van der Waals surface area contributed by atoms with E-state index in [9.17, 15) is 13.6 Å². The predicted molar refractivity (Wildman–Crippen MR) is 91.1 cm³/mol. The lowest BCUT2D eigenvalue weighted by molar-refractivity contribution is -0.139. The molecule has 4 nitrogen and oxygen atoms in total. The number of rotatable bonds is 5. The second-order valence-corrected chi connectivity index (χ2v) is 5.56. The Labute approximate surface area is 144 Å². The van der Waals surface area contributed by atoms with E-state index in [1.165, 1.54) is 6.07 Å².